The van der Waals surface area contributed by atoms with Crippen molar-refractivity contribution >= 4 is 0 Å². The molecule has 1 aromatic rings. The molecule has 2 rings (SSSR count). The van der Waals surface area contributed by atoms with Crippen LogP contribution in [-0.2, 0) is 13.1 Å². The van der Waals surface area contributed by atoms with Gasteiger partial charge in [-0.15, -0.1) is 6.58 Å². The normalized spacial score (nSPS) is 15.4. The van der Waals surface area contributed by atoms with Gasteiger partial charge in [0.2, 0.25) is 0 Å². The first-order valence-corrected chi connectivity index (χ1v) is 6.05. The lowest BCUT2D eigenvalue weighted by Gasteiger charge is -2.10. The van der Waals surface area contributed by atoms with E-state index in [1.165, 1.54) is 24.1 Å². The number of rotatable bonds is 6. The molecule has 1 aliphatic rings. The highest BCUT2D eigenvalue weighted by Gasteiger charge is 2.20. The van der Waals surface area contributed by atoms with Gasteiger partial charge in [-0.3, -0.25) is 0 Å². The monoisotopic (exact) mass is 219 g/mol. The van der Waals surface area contributed by atoms with E-state index in [-0.39, 0.29) is 0 Å². The Morgan fingerprint density at radius 2 is 2.38 bits per heavy atom. The fourth-order valence-corrected chi connectivity index (χ4v) is 1.80. The molecular weight excluding hydrogens is 198 g/mol. The van der Waals surface area contributed by atoms with E-state index >= 15 is 0 Å². The van der Waals surface area contributed by atoms with Gasteiger partial charge in [0.15, 0.2) is 0 Å². The second kappa shape index (κ2) is 4.83. The molecule has 0 spiro atoms. The maximum atomic E-state index is 4.39. The molecule has 0 amide bonds. The van der Waals surface area contributed by atoms with Crippen LogP contribution in [0.25, 0.3) is 0 Å². The highest BCUT2D eigenvalue weighted by Crippen LogP contribution is 2.19. The molecule has 1 aromatic heterocycles. The van der Waals surface area contributed by atoms with Gasteiger partial charge in [-0.1, -0.05) is 5.57 Å². The van der Waals surface area contributed by atoms with Gasteiger partial charge in [0, 0.05) is 25.3 Å². The number of nitrogens with zero attached hydrogens (tertiary/aromatic N) is 2. The third-order valence-electron chi connectivity index (χ3n) is 3.05. The van der Waals surface area contributed by atoms with E-state index in [0.29, 0.717) is 0 Å². The lowest BCUT2D eigenvalue weighted by atomic mass is 10.2. The number of allylic oxidation sites excluding steroid dienone is 1. The lowest BCUT2D eigenvalue weighted by Crippen LogP contribution is -2.18. The van der Waals surface area contributed by atoms with Crippen molar-refractivity contribution in [1.29, 1.82) is 0 Å². The van der Waals surface area contributed by atoms with Crippen LogP contribution in [0.15, 0.2) is 18.3 Å². The molecule has 0 bridgehead atoms. The number of hydrogen-bond donors (Lipinski definition) is 1. The van der Waals surface area contributed by atoms with E-state index in [9.17, 15) is 0 Å². The first-order valence-electron chi connectivity index (χ1n) is 6.05. The molecule has 1 fully saturated rings. The summed E-state index contributed by atoms with van der Waals surface area (Å²) in [7, 11) is 0. The summed E-state index contributed by atoms with van der Waals surface area (Å²) in [4.78, 5) is 4.39. The van der Waals surface area contributed by atoms with Crippen LogP contribution >= 0.6 is 0 Å². The summed E-state index contributed by atoms with van der Waals surface area (Å²) in [6, 6.07) is 0.754. The van der Waals surface area contributed by atoms with Crippen molar-refractivity contribution in [1.82, 2.24) is 14.9 Å². The number of hydrogen-bond acceptors (Lipinski definition) is 2. The first kappa shape index (κ1) is 11.4. The van der Waals surface area contributed by atoms with Crippen molar-refractivity contribution in [3.05, 3.63) is 29.9 Å². The van der Waals surface area contributed by atoms with Crippen LogP contribution < -0.4 is 5.32 Å². The van der Waals surface area contributed by atoms with Gasteiger partial charge in [-0.2, -0.15) is 0 Å². The zero-order valence-electron chi connectivity index (χ0n) is 10.3. The predicted octanol–water partition coefficient (Wildman–Crippen LogP) is 2.41. The molecule has 0 radical (unpaired) electrons. The Hall–Kier alpha value is -1.09. The smallest absolute Gasteiger partial charge is 0.105 e. The van der Waals surface area contributed by atoms with Crippen LogP contribution in [0.4, 0.5) is 0 Å². The number of aryl methyl sites for hydroxylation is 1. The Labute approximate surface area is 97.6 Å². The van der Waals surface area contributed by atoms with E-state index in [4.69, 9.17) is 0 Å². The van der Waals surface area contributed by atoms with Gasteiger partial charge in [0.25, 0.3) is 0 Å². The zero-order chi connectivity index (χ0) is 11.5. The average Bonchev–Trinajstić information content (AvgIpc) is 2.98. The van der Waals surface area contributed by atoms with Crippen molar-refractivity contribution in [3.63, 3.8) is 0 Å². The summed E-state index contributed by atoms with van der Waals surface area (Å²) >= 11 is 0. The standard InChI is InChI=1S/C13H21N3/c1-10(2)6-7-16-11(3)14-8-13(16)9-15-12-4-5-12/h8,12,15H,1,4-7,9H2,2-3H3. The zero-order valence-corrected chi connectivity index (χ0v) is 10.3. The van der Waals surface area contributed by atoms with Gasteiger partial charge in [-0.05, 0) is 33.1 Å². The van der Waals surface area contributed by atoms with Crippen LogP contribution in [0.2, 0.25) is 0 Å². The van der Waals surface area contributed by atoms with Crippen molar-refractivity contribution in [2.24, 2.45) is 0 Å². The Morgan fingerprint density at radius 3 is 3.00 bits per heavy atom. The minimum absolute atomic E-state index is 0.754. The number of nitrogens with one attached hydrogen (secondary N) is 1. The molecule has 3 nitrogen and oxygen atoms in total. The van der Waals surface area contributed by atoms with E-state index in [1.807, 2.05) is 6.20 Å². The SMILES string of the molecule is C=C(C)CCn1c(CNC2CC2)cnc1C. The summed E-state index contributed by atoms with van der Waals surface area (Å²) in [6.07, 6.45) is 5.69. The third kappa shape index (κ3) is 2.95. The fraction of sp³-hybridized carbons (Fsp3) is 0.615. The van der Waals surface area contributed by atoms with E-state index < -0.39 is 0 Å². The highest BCUT2D eigenvalue weighted by atomic mass is 15.1. The molecule has 1 heterocycles. The largest absolute Gasteiger partial charge is 0.331 e. The molecule has 0 saturated heterocycles. The van der Waals surface area contributed by atoms with E-state index in [0.717, 1.165) is 31.4 Å². The summed E-state index contributed by atoms with van der Waals surface area (Å²) in [5, 5.41) is 3.53. The van der Waals surface area contributed by atoms with Gasteiger partial charge in [-0.25, -0.2) is 4.98 Å². The van der Waals surface area contributed by atoms with Crippen molar-refractivity contribution < 1.29 is 0 Å². The summed E-state index contributed by atoms with van der Waals surface area (Å²) in [6.45, 7) is 10.0. The fourth-order valence-electron chi connectivity index (χ4n) is 1.80. The van der Waals surface area contributed by atoms with Gasteiger partial charge in [0.05, 0.1) is 5.69 Å². The molecular formula is C13H21N3. The molecule has 0 atom stereocenters. The minimum atomic E-state index is 0.754. The molecule has 88 valence electrons. The number of aromatic nitrogens is 2. The maximum absolute atomic E-state index is 4.39. The van der Waals surface area contributed by atoms with Crippen LogP contribution in [0.5, 0.6) is 0 Å². The lowest BCUT2D eigenvalue weighted by molar-refractivity contribution is 0.594. The second-order valence-electron chi connectivity index (χ2n) is 4.81. The molecule has 1 aliphatic carbocycles. The molecule has 3 heteroatoms. The Kier molecular flexibility index (Phi) is 3.44. The Morgan fingerprint density at radius 1 is 1.62 bits per heavy atom. The van der Waals surface area contributed by atoms with Crippen LogP contribution in [0.1, 0.15) is 37.7 Å². The van der Waals surface area contributed by atoms with Gasteiger partial charge < -0.3 is 9.88 Å². The molecule has 1 N–H and O–H groups in total. The van der Waals surface area contributed by atoms with Crippen molar-refractivity contribution in [2.45, 2.75) is 52.2 Å². The van der Waals surface area contributed by atoms with E-state index in [2.05, 4.69) is 35.3 Å². The Bertz CT molecular complexity index is 375. The minimum Gasteiger partial charge on any atom is -0.331 e. The molecule has 0 unspecified atom stereocenters. The van der Waals surface area contributed by atoms with Gasteiger partial charge in [0.1, 0.15) is 5.82 Å². The molecule has 0 aliphatic heterocycles. The quantitative estimate of drug-likeness (QED) is 0.745. The summed E-state index contributed by atoms with van der Waals surface area (Å²) in [5.74, 6) is 1.11. The summed E-state index contributed by atoms with van der Waals surface area (Å²) < 4.78 is 2.30. The topological polar surface area (TPSA) is 29.9 Å². The predicted molar refractivity (Wildman–Crippen MR) is 66.3 cm³/mol. The highest BCUT2D eigenvalue weighted by molar-refractivity contribution is 5.06. The number of imidazole rings is 1. The first-order chi connectivity index (χ1) is 7.66. The Balaban J connectivity index is 1.96. The van der Waals surface area contributed by atoms with Crippen LogP contribution in [0.3, 0.4) is 0 Å². The van der Waals surface area contributed by atoms with Crippen LogP contribution in [-0.4, -0.2) is 15.6 Å². The second-order valence-corrected chi connectivity index (χ2v) is 4.81. The third-order valence-corrected chi connectivity index (χ3v) is 3.05. The molecule has 1 saturated carbocycles. The van der Waals surface area contributed by atoms with E-state index in [1.54, 1.807) is 0 Å². The average molecular weight is 219 g/mol. The maximum Gasteiger partial charge on any atom is 0.105 e. The van der Waals surface area contributed by atoms with Gasteiger partial charge >= 0.3 is 0 Å². The molecule has 16 heavy (non-hydrogen) atoms. The van der Waals surface area contributed by atoms with Crippen molar-refractivity contribution in [3.8, 4) is 0 Å². The molecule has 0 aromatic carbocycles. The van der Waals surface area contributed by atoms with Crippen LogP contribution in [0, 0.1) is 6.92 Å². The van der Waals surface area contributed by atoms with Crippen molar-refractivity contribution in [2.75, 3.05) is 0 Å². The summed E-state index contributed by atoms with van der Waals surface area (Å²) in [5.41, 5.74) is 2.53.